The molecule has 1 amide bonds. The van der Waals surface area contributed by atoms with E-state index >= 15 is 0 Å². The molecule has 1 heterocycles. The van der Waals surface area contributed by atoms with Crippen molar-refractivity contribution in [1.82, 2.24) is 4.90 Å². The van der Waals surface area contributed by atoms with Gasteiger partial charge in [0.1, 0.15) is 0 Å². The Bertz CT molecular complexity index is 564. The molecular weight excluding hydrogens is 294 g/mol. The van der Waals surface area contributed by atoms with Gasteiger partial charge in [-0.15, -0.1) is 0 Å². The van der Waals surface area contributed by atoms with E-state index in [0.717, 1.165) is 32.1 Å². The highest BCUT2D eigenvalue weighted by molar-refractivity contribution is 5.75. The van der Waals surface area contributed by atoms with Crippen LogP contribution in [0.3, 0.4) is 0 Å². The third kappa shape index (κ3) is 3.66. The van der Waals surface area contributed by atoms with Gasteiger partial charge in [-0.25, -0.2) is 4.79 Å². The van der Waals surface area contributed by atoms with E-state index in [0.29, 0.717) is 19.7 Å². The van der Waals surface area contributed by atoms with Crippen molar-refractivity contribution in [2.24, 2.45) is 11.3 Å². The fourth-order valence-electron chi connectivity index (χ4n) is 3.56. The molecule has 124 valence electrons. The molecule has 1 atom stereocenters. The van der Waals surface area contributed by atoms with Crippen LogP contribution in [0.1, 0.15) is 31.2 Å². The third-order valence-electron chi connectivity index (χ3n) is 5.18. The summed E-state index contributed by atoms with van der Waals surface area (Å²) in [6.45, 7) is 1.65. The summed E-state index contributed by atoms with van der Waals surface area (Å²) >= 11 is 0. The first-order valence-electron chi connectivity index (χ1n) is 8.29. The van der Waals surface area contributed by atoms with Gasteiger partial charge in [0.25, 0.3) is 0 Å². The van der Waals surface area contributed by atoms with E-state index in [2.05, 4.69) is 12.1 Å². The number of aliphatic carboxylic acids is 1. The minimum atomic E-state index is -0.693. The minimum absolute atomic E-state index is 0.0457. The van der Waals surface area contributed by atoms with Gasteiger partial charge in [-0.1, -0.05) is 30.3 Å². The lowest BCUT2D eigenvalue weighted by Gasteiger charge is -2.31. The van der Waals surface area contributed by atoms with Gasteiger partial charge in [0.05, 0.1) is 12.5 Å². The van der Waals surface area contributed by atoms with Crippen LogP contribution < -0.4 is 0 Å². The number of hydrogen-bond acceptors (Lipinski definition) is 3. The van der Waals surface area contributed by atoms with Crippen LogP contribution in [-0.4, -0.2) is 41.8 Å². The summed E-state index contributed by atoms with van der Waals surface area (Å²) in [6, 6.07) is 10.1. The fraction of sp³-hybridized carbons (Fsp3) is 0.556. The average Bonchev–Trinajstić information content (AvgIpc) is 3.27. The standard InChI is InChI=1S/C18H23NO4/c20-16(21)15-13-18(15)8-10-19(11-9-18)17(22)23-12-4-7-14-5-2-1-3-6-14/h1-3,5-6,15H,4,7-13H2,(H,20,21). The van der Waals surface area contributed by atoms with Crippen molar-refractivity contribution in [3.05, 3.63) is 35.9 Å². The van der Waals surface area contributed by atoms with Gasteiger partial charge in [0, 0.05) is 13.1 Å². The maximum atomic E-state index is 12.0. The van der Waals surface area contributed by atoms with E-state index < -0.39 is 5.97 Å². The number of amides is 1. The molecule has 1 aromatic rings. The normalized spacial score (nSPS) is 21.9. The summed E-state index contributed by atoms with van der Waals surface area (Å²) in [5.41, 5.74) is 1.20. The summed E-state index contributed by atoms with van der Waals surface area (Å²) in [4.78, 5) is 24.8. The second-order valence-electron chi connectivity index (χ2n) is 6.65. The highest BCUT2D eigenvalue weighted by Crippen LogP contribution is 2.59. The van der Waals surface area contributed by atoms with Crippen molar-refractivity contribution < 1.29 is 19.4 Å². The smallest absolute Gasteiger partial charge is 0.409 e. The molecule has 0 bridgehead atoms. The number of carboxylic acids is 1. The van der Waals surface area contributed by atoms with Crippen LogP contribution in [0.5, 0.6) is 0 Å². The Morgan fingerprint density at radius 3 is 2.52 bits per heavy atom. The molecule has 0 radical (unpaired) electrons. The van der Waals surface area contributed by atoms with E-state index in [1.54, 1.807) is 4.90 Å². The summed E-state index contributed by atoms with van der Waals surface area (Å²) < 4.78 is 5.34. The highest BCUT2D eigenvalue weighted by atomic mass is 16.6. The molecular formula is C18H23NO4. The van der Waals surface area contributed by atoms with Crippen molar-refractivity contribution >= 4 is 12.1 Å². The van der Waals surface area contributed by atoms with Crippen LogP contribution in [0.4, 0.5) is 4.79 Å². The zero-order valence-electron chi connectivity index (χ0n) is 13.2. The maximum Gasteiger partial charge on any atom is 0.409 e. The Hall–Kier alpha value is -2.04. The average molecular weight is 317 g/mol. The molecule has 2 fully saturated rings. The number of carbonyl (C=O) groups excluding carboxylic acids is 1. The van der Waals surface area contributed by atoms with Crippen molar-refractivity contribution in [3.63, 3.8) is 0 Å². The van der Waals surface area contributed by atoms with E-state index in [-0.39, 0.29) is 17.4 Å². The molecule has 1 saturated heterocycles. The molecule has 0 aromatic heterocycles. The van der Waals surface area contributed by atoms with Gasteiger partial charge >= 0.3 is 12.1 Å². The SMILES string of the molecule is O=C(O)C1CC12CCN(C(=O)OCCCc1ccccc1)CC2. The Morgan fingerprint density at radius 2 is 1.91 bits per heavy atom. The topological polar surface area (TPSA) is 66.8 Å². The number of benzene rings is 1. The van der Waals surface area contributed by atoms with E-state index in [1.165, 1.54) is 5.56 Å². The summed E-state index contributed by atoms with van der Waals surface area (Å²) in [6.07, 6.45) is 3.78. The first-order valence-corrected chi connectivity index (χ1v) is 8.29. The molecule has 1 aliphatic carbocycles. The van der Waals surface area contributed by atoms with Gasteiger partial charge < -0.3 is 14.7 Å². The predicted octanol–water partition coefficient (Wildman–Crippen LogP) is 2.94. The summed E-state index contributed by atoms with van der Waals surface area (Å²) in [5.74, 6) is -0.895. The fourth-order valence-corrected chi connectivity index (χ4v) is 3.56. The van der Waals surface area contributed by atoms with Gasteiger partial charge in [-0.05, 0) is 43.1 Å². The molecule has 1 saturated carbocycles. The van der Waals surface area contributed by atoms with Crippen LogP contribution in [0, 0.1) is 11.3 Å². The zero-order chi connectivity index (χ0) is 16.3. The first-order chi connectivity index (χ1) is 11.1. The number of hydrogen-bond donors (Lipinski definition) is 1. The van der Waals surface area contributed by atoms with Crippen molar-refractivity contribution in [1.29, 1.82) is 0 Å². The number of carbonyl (C=O) groups is 2. The van der Waals surface area contributed by atoms with Gasteiger partial charge in [0.15, 0.2) is 0 Å². The first kappa shape index (κ1) is 15.8. The van der Waals surface area contributed by atoms with Gasteiger partial charge in [-0.3, -0.25) is 4.79 Å². The molecule has 2 aliphatic rings. The summed E-state index contributed by atoms with van der Waals surface area (Å²) in [5, 5.41) is 9.08. The van der Waals surface area contributed by atoms with E-state index in [9.17, 15) is 9.59 Å². The minimum Gasteiger partial charge on any atom is -0.481 e. The zero-order valence-corrected chi connectivity index (χ0v) is 13.2. The molecule has 3 rings (SSSR count). The summed E-state index contributed by atoms with van der Waals surface area (Å²) in [7, 11) is 0. The van der Waals surface area contributed by atoms with Crippen LogP contribution in [-0.2, 0) is 16.0 Å². The van der Waals surface area contributed by atoms with Gasteiger partial charge in [-0.2, -0.15) is 0 Å². The molecule has 1 N–H and O–H groups in total. The Kier molecular flexibility index (Phi) is 4.55. The molecule has 1 unspecified atom stereocenters. The Morgan fingerprint density at radius 1 is 1.22 bits per heavy atom. The second kappa shape index (κ2) is 6.60. The van der Waals surface area contributed by atoms with E-state index in [1.807, 2.05) is 18.2 Å². The van der Waals surface area contributed by atoms with Crippen LogP contribution in [0.15, 0.2) is 30.3 Å². The Balaban J connectivity index is 1.35. The number of rotatable bonds is 5. The maximum absolute atomic E-state index is 12.0. The van der Waals surface area contributed by atoms with Crippen LogP contribution in [0.2, 0.25) is 0 Å². The molecule has 5 heteroatoms. The molecule has 1 aliphatic heterocycles. The van der Waals surface area contributed by atoms with Crippen molar-refractivity contribution in [2.45, 2.75) is 32.1 Å². The number of ether oxygens (including phenoxy) is 1. The van der Waals surface area contributed by atoms with Crippen LogP contribution in [0.25, 0.3) is 0 Å². The van der Waals surface area contributed by atoms with Crippen molar-refractivity contribution in [3.8, 4) is 0 Å². The lowest BCUT2D eigenvalue weighted by molar-refractivity contribution is -0.139. The number of likely N-dealkylation sites (tertiary alicyclic amines) is 1. The highest BCUT2D eigenvalue weighted by Gasteiger charge is 2.59. The van der Waals surface area contributed by atoms with Gasteiger partial charge in [0.2, 0.25) is 0 Å². The monoisotopic (exact) mass is 317 g/mol. The lowest BCUT2D eigenvalue weighted by Crippen LogP contribution is -2.40. The Labute approximate surface area is 136 Å². The lowest BCUT2D eigenvalue weighted by atomic mass is 9.91. The molecule has 23 heavy (non-hydrogen) atoms. The number of piperidine rings is 1. The molecule has 5 nitrogen and oxygen atoms in total. The quantitative estimate of drug-likeness (QED) is 0.848. The number of carboxylic acid groups (broad SMARTS) is 1. The number of nitrogens with zero attached hydrogens (tertiary/aromatic N) is 1. The third-order valence-corrected chi connectivity index (χ3v) is 5.18. The largest absolute Gasteiger partial charge is 0.481 e. The van der Waals surface area contributed by atoms with E-state index in [4.69, 9.17) is 9.84 Å². The molecule has 1 aromatic carbocycles. The number of aryl methyl sites for hydroxylation is 1. The van der Waals surface area contributed by atoms with Crippen LogP contribution >= 0.6 is 0 Å². The second-order valence-corrected chi connectivity index (χ2v) is 6.65. The predicted molar refractivity (Wildman–Crippen MR) is 85.1 cm³/mol. The molecule has 1 spiro atoms. The van der Waals surface area contributed by atoms with Crippen molar-refractivity contribution in [2.75, 3.05) is 19.7 Å².